The van der Waals surface area contributed by atoms with Crippen LogP contribution in [0.4, 0.5) is 11.4 Å². The summed E-state index contributed by atoms with van der Waals surface area (Å²) < 4.78 is 5.28. The van der Waals surface area contributed by atoms with Gasteiger partial charge in [-0.25, -0.2) is 0 Å². The van der Waals surface area contributed by atoms with Crippen LogP contribution in [0.1, 0.15) is 59.8 Å². The molecule has 0 saturated heterocycles. The molecule has 3 aromatic carbocycles. The Morgan fingerprint density at radius 1 is 0.857 bits per heavy atom. The van der Waals surface area contributed by atoms with E-state index in [0.717, 1.165) is 12.8 Å². The van der Waals surface area contributed by atoms with Crippen molar-refractivity contribution in [2.75, 3.05) is 17.7 Å². The molecule has 2 atom stereocenters. The van der Waals surface area contributed by atoms with E-state index in [2.05, 4.69) is 41.1 Å². The number of carbonyl (C=O) groups excluding carboxylic acids is 2. The zero-order valence-corrected chi connectivity index (χ0v) is 20.6. The first-order chi connectivity index (χ1) is 16.9. The topological polar surface area (TPSA) is 79.5 Å². The second-order valence-corrected chi connectivity index (χ2v) is 9.07. The van der Waals surface area contributed by atoms with Crippen LogP contribution in [0, 0.1) is 0 Å². The molecule has 35 heavy (non-hydrogen) atoms. The van der Waals surface area contributed by atoms with Gasteiger partial charge >= 0.3 is 0 Å². The Kier molecular flexibility index (Phi) is 7.83. The lowest BCUT2D eigenvalue weighted by atomic mass is 9.89. The summed E-state index contributed by atoms with van der Waals surface area (Å²) >= 11 is 0. The fourth-order valence-electron chi connectivity index (χ4n) is 4.47. The summed E-state index contributed by atoms with van der Waals surface area (Å²) in [5.74, 6) is 0.221. The Bertz CT molecular complexity index is 1190. The molecule has 6 heteroatoms. The van der Waals surface area contributed by atoms with Crippen molar-refractivity contribution in [3.05, 3.63) is 89.0 Å². The molecule has 0 aromatic heterocycles. The average molecular weight is 472 g/mol. The molecule has 0 bridgehead atoms. The molecule has 2 amide bonds. The maximum Gasteiger partial charge on any atom is 0.255 e. The molecule has 4 rings (SSSR count). The SMILES string of the molecule is COc1ccccc1NC(=O)c1ccc(NC(=O)[C@H](C)N[C@@H](C)c2ccc3c(c2)CCCC3)cc1. The second kappa shape index (κ2) is 11.2. The van der Waals surface area contributed by atoms with Gasteiger partial charge in [0.1, 0.15) is 5.75 Å². The fraction of sp³-hybridized carbons (Fsp3) is 0.310. The van der Waals surface area contributed by atoms with Crippen molar-refractivity contribution < 1.29 is 14.3 Å². The van der Waals surface area contributed by atoms with E-state index in [1.165, 1.54) is 29.5 Å². The highest BCUT2D eigenvalue weighted by molar-refractivity contribution is 6.05. The number of hydrogen-bond acceptors (Lipinski definition) is 4. The van der Waals surface area contributed by atoms with E-state index in [9.17, 15) is 9.59 Å². The lowest BCUT2D eigenvalue weighted by Crippen LogP contribution is -2.39. The molecule has 1 aliphatic rings. The number of para-hydroxylation sites is 2. The number of rotatable bonds is 8. The van der Waals surface area contributed by atoms with E-state index >= 15 is 0 Å². The van der Waals surface area contributed by atoms with Gasteiger partial charge in [-0.15, -0.1) is 0 Å². The van der Waals surface area contributed by atoms with E-state index in [1.807, 2.05) is 19.1 Å². The van der Waals surface area contributed by atoms with E-state index in [0.29, 0.717) is 22.7 Å². The lowest BCUT2D eigenvalue weighted by Gasteiger charge is -2.22. The summed E-state index contributed by atoms with van der Waals surface area (Å²) in [6.45, 7) is 3.95. The third-order valence-electron chi connectivity index (χ3n) is 6.54. The number of hydrogen-bond donors (Lipinski definition) is 3. The number of benzene rings is 3. The number of amides is 2. The Balaban J connectivity index is 1.32. The number of methoxy groups -OCH3 is 1. The van der Waals surface area contributed by atoms with E-state index in [-0.39, 0.29) is 23.9 Å². The molecule has 0 unspecified atom stereocenters. The van der Waals surface area contributed by atoms with Crippen LogP contribution < -0.4 is 20.7 Å². The van der Waals surface area contributed by atoms with Crippen molar-refractivity contribution in [3.63, 3.8) is 0 Å². The van der Waals surface area contributed by atoms with E-state index in [4.69, 9.17) is 4.74 Å². The van der Waals surface area contributed by atoms with Gasteiger partial charge in [0.2, 0.25) is 5.91 Å². The average Bonchev–Trinajstić information content (AvgIpc) is 2.89. The minimum atomic E-state index is -0.380. The van der Waals surface area contributed by atoms with Crippen molar-refractivity contribution in [3.8, 4) is 5.75 Å². The molecule has 0 fully saturated rings. The predicted molar refractivity (Wildman–Crippen MR) is 140 cm³/mol. The lowest BCUT2D eigenvalue weighted by molar-refractivity contribution is -0.117. The Morgan fingerprint density at radius 3 is 2.31 bits per heavy atom. The van der Waals surface area contributed by atoms with Crippen LogP contribution in [0.3, 0.4) is 0 Å². The first kappa shape index (κ1) is 24.5. The maximum atomic E-state index is 12.8. The van der Waals surface area contributed by atoms with E-state index in [1.54, 1.807) is 43.5 Å². The molecular formula is C29H33N3O3. The summed E-state index contributed by atoms with van der Waals surface area (Å²) in [6, 6.07) is 20.4. The van der Waals surface area contributed by atoms with Crippen LogP contribution >= 0.6 is 0 Å². The summed E-state index contributed by atoms with van der Waals surface area (Å²) in [5.41, 5.74) is 5.83. The number of fused-ring (bicyclic) bond motifs is 1. The van der Waals surface area contributed by atoms with Crippen LogP contribution in [0.25, 0.3) is 0 Å². The molecule has 3 aromatic rings. The number of aryl methyl sites for hydroxylation is 2. The first-order valence-electron chi connectivity index (χ1n) is 12.2. The van der Waals surface area contributed by atoms with Crippen LogP contribution in [0.15, 0.2) is 66.7 Å². The molecule has 0 aliphatic heterocycles. The zero-order valence-electron chi connectivity index (χ0n) is 20.6. The zero-order chi connectivity index (χ0) is 24.8. The van der Waals surface area contributed by atoms with Crippen molar-refractivity contribution >= 4 is 23.2 Å². The molecule has 0 heterocycles. The van der Waals surface area contributed by atoms with Gasteiger partial charge in [-0.3, -0.25) is 14.9 Å². The summed E-state index contributed by atoms with van der Waals surface area (Å²) in [7, 11) is 1.56. The maximum absolute atomic E-state index is 12.8. The smallest absolute Gasteiger partial charge is 0.255 e. The summed E-state index contributed by atoms with van der Waals surface area (Å²) in [5, 5.41) is 9.18. The van der Waals surface area contributed by atoms with Gasteiger partial charge in [0.25, 0.3) is 5.91 Å². The quantitative estimate of drug-likeness (QED) is 0.405. The Morgan fingerprint density at radius 2 is 1.57 bits per heavy atom. The van der Waals surface area contributed by atoms with Crippen LogP contribution in [-0.2, 0) is 17.6 Å². The molecule has 182 valence electrons. The largest absolute Gasteiger partial charge is 0.495 e. The molecule has 0 radical (unpaired) electrons. The highest BCUT2D eigenvalue weighted by Gasteiger charge is 2.18. The minimum Gasteiger partial charge on any atom is -0.495 e. The van der Waals surface area contributed by atoms with Crippen LogP contribution in [-0.4, -0.2) is 25.0 Å². The number of nitrogens with one attached hydrogen (secondary N) is 3. The van der Waals surface area contributed by atoms with E-state index < -0.39 is 0 Å². The highest BCUT2D eigenvalue weighted by Crippen LogP contribution is 2.26. The van der Waals surface area contributed by atoms with Crippen molar-refractivity contribution in [1.82, 2.24) is 5.32 Å². The summed E-state index contributed by atoms with van der Waals surface area (Å²) in [4.78, 5) is 25.4. The number of ether oxygens (including phenoxy) is 1. The van der Waals surface area contributed by atoms with Gasteiger partial charge in [0, 0.05) is 17.3 Å². The number of carbonyl (C=O) groups is 2. The van der Waals surface area contributed by atoms with Crippen molar-refractivity contribution in [1.29, 1.82) is 0 Å². The Labute approximate surface area is 207 Å². The molecule has 1 aliphatic carbocycles. The first-order valence-corrected chi connectivity index (χ1v) is 12.2. The minimum absolute atomic E-state index is 0.0593. The third kappa shape index (κ3) is 6.08. The van der Waals surface area contributed by atoms with Gasteiger partial charge in [0.05, 0.1) is 18.8 Å². The fourth-order valence-corrected chi connectivity index (χ4v) is 4.47. The molecule has 6 nitrogen and oxygen atoms in total. The van der Waals surface area contributed by atoms with Gasteiger partial charge in [-0.1, -0.05) is 30.3 Å². The van der Waals surface area contributed by atoms with Crippen LogP contribution in [0.2, 0.25) is 0 Å². The van der Waals surface area contributed by atoms with Gasteiger partial charge in [0.15, 0.2) is 0 Å². The van der Waals surface area contributed by atoms with Gasteiger partial charge in [-0.05, 0) is 92.6 Å². The van der Waals surface area contributed by atoms with Gasteiger partial charge in [-0.2, -0.15) is 0 Å². The predicted octanol–water partition coefficient (Wildman–Crippen LogP) is 5.50. The standard InChI is InChI=1S/C29H33N3O3/c1-19(23-13-12-21-8-4-5-9-24(21)18-23)30-20(2)28(33)31-25-16-14-22(15-17-25)29(34)32-26-10-6-7-11-27(26)35-3/h6-7,10-20,30H,4-5,8-9H2,1-3H3,(H,31,33)(H,32,34)/t19-,20-/m0/s1. The second-order valence-electron chi connectivity index (χ2n) is 9.07. The number of anilines is 2. The third-order valence-corrected chi connectivity index (χ3v) is 6.54. The highest BCUT2D eigenvalue weighted by atomic mass is 16.5. The Hall–Kier alpha value is -3.64. The summed E-state index contributed by atoms with van der Waals surface area (Å²) in [6.07, 6.45) is 4.82. The molecule has 0 spiro atoms. The van der Waals surface area contributed by atoms with Crippen LogP contribution in [0.5, 0.6) is 5.75 Å². The molecule has 0 saturated carbocycles. The molecular weight excluding hydrogens is 438 g/mol. The monoisotopic (exact) mass is 471 g/mol. The molecule has 3 N–H and O–H groups in total. The van der Waals surface area contributed by atoms with Gasteiger partial charge < -0.3 is 15.4 Å². The van der Waals surface area contributed by atoms with Crippen molar-refractivity contribution in [2.24, 2.45) is 0 Å². The normalized spacial score (nSPS) is 14.4. The van der Waals surface area contributed by atoms with Crippen molar-refractivity contribution in [2.45, 2.75) is 51.6 Å².